The Morgan fingerprint density at radius 1 is 1.33 bits per heavy atom. The largest absolute Gasteiger partial charge is 0.316 e. The van der Waals surface area contributed by atoms with Crippen molar-refractivity contribution in [1.29, 1.82) is 0 Å². The van der Waals surface area contributed by atoms with Crippen LogP contribution < -0.4 is 0 Å². The topological polar surface area (TPSA) is 0 Å². The van der Waals surface area contributed by atoms with Crippen LogP contribution in [0.2, 0.25) is 0 Å². The summed E-state index contributed by atoms with van der Waals surface area (Å²) in [5, 5.41) is 0. The Kier molecular flexibility index (Phi) is 32.7. The van der Waals surface area contributed by atoms with Crippen molar-refractivity contribution in [2.75, 3.05) is 0 Å². The van der Waals surface area contributed by atoms with Crippen molar-refractivity contribution in [3.8, 4) is 0 Å². The Hall–Kier alpha value is 2.43. The summed E-state index contributed by atoms with van der Waals surface area (Å²) in [5.74, 6) is 0. The molecule has 0 saturated heterocycles. The number of halogens is 3. The Bertz CT molecular complexity index is 32.2. The smallest absolute Gasteiger partial charge is 0.316 e. The van der Waals surface area contributed by atoms with E-state index in [1.165, 1.54) is 6.42 Å². The van der Waals surface area contributed by atoms with Gasteiger partial charge in [0, 0.05) is 0 Å². The van der Waals surface area contributed by atoms with Crippen molar-refractivity contribution >= 4 is 66.2 Å². The molecule has 1 radical (unpaired) electrons. The summed E-state index contributed by atoms with van der Waals surface area (Å²) >= 11 is -2.22. The van der Waals surface area contributed by atoms with Gasteiger partial charge in [-0.3, -0.25) is 0 Å². The molecule has 5 heteroatoms. The minimum Gasteiger partial charge on any atom is 0.316 e. The van der Waals surface area contributed by atoms with E-state index in [4.69, 9.17) is 26.8 Å². The minimum atomic E-state index is -2.22. The third kappa shape index (κ3) is 62.9. The van der Waals surface area contributed by atoms with Crippen LogP contribution in [-0.2, 0) is 0 Å². The van der Waals surface area contributed by atoms with Crippen molar-refractivity contribution < 1.29 is 0 Å². The first-order valence-electron chi connectivity index (χ1n) is 2.36. The molecule has 0 spiro atoms. The summed E-state index contributed by atoms with van der Waals surface area (Å²) in [4.78, 5) is 0. The fraction of sp³-hybridized carbons (Fsp3) is 0.750. The zero-order valence-electron chi connectivity index (χ0n) is 4.83. The molecule has 0 aromatic heterocycles. The fourth-order valence-electron chi connectivity index (χ4n) is 0. The summed E-state index contributed by atoms with van der Waals surface area (Å²) in [7, 11) is 15.0. The molecule has 55 valence electrons. The average Bonchev–Trinajstić information content (AvgIpc) is 1.65. The summed E-state index contributed by atoms with van der Waals surface area (Å²) < 4.78 is 0. The number of hydrogen-bond donors (Lipinski definition) is 0. The zero-order chi connectivity index (χ0) is 6.99. The maximum atomic E-state index is 5.02. The van der Waals surface area contributed by atoms with E-state index in [0.29, 0.717) is 0 Å². The van der Waals surface area contributed by atoms with E-state index in [1.807, 2.05) is 0 Å². The van der Waals surface area contributed by atoms with Gasteiger partial charge >= 0.3 is 66.2 Å². The van der Waals surface area contributed by atoms with Crippen molar-refractivity contribution in [1.82, 2.24) is 0 Å². The van der Waals surface area contributed by atoms with Gasteiger partial charge in [-0.2, -0.15) is 0 Å². The number of hydrogen-bond acceptors (Lipinski definition) is 0. The van der Waals surface area contributed by atoms with Crippen LogP contribution >= 0.6 is 26.8 Å². The van der Waals surface area contributed by atoms with Crippen molar-refractivity contribution in [2.45, 2.75) is 19.8 Å². The molecule has 0 nitrogen and oxygen atoms in total. The molecule has 0 rings (SSSR count). The van der Waals surface area contributed by atoms with Gasteiger partial charge in [-0.15, -0.1) is 0 Å². The predicted molar refractivity (Wildman–Crippen MR) is 53.5 cm³/mol. The van der Waals surface area contributed by atoms with E-state index in [-0.39, 0.29) is 23.1 Å². The molecule has 0 aliphatic heterocycles. The normalized spacial score (nSPS) is 7.33. The van der Waals surface area contributed by atoms with Crippen LogP contribution in [0.25, 0.3) is 0 Å². The Balaban J connectivity index is -0.0000000720. The molecule has 0 unspecified atom stereocenters. The van der Waals surface area contributed by atoms with Gasteiger partial charge in [0.25, 0.3) is 0 Å². The second-order valence-corrected chi connectivity index (χ2v) is 15.8. The monoisotopic (exact) mass is 309 g/mol. The molecule has 0 saturated carbocycles. The van der Waals surface area contributed by atoms with Gasteiger partial charge in [-0.1, -0.05) is 26.7 Å². The first-order valence-corrected chi connectivity index (χ1v) is 14.9. The molecule has 0 heterocycles. The second-order valence-electron chi connectivity index (χ2n) is 1.10. The molecule has 0 aromatic rings. The first-order chi connectivity index (χ1) is 3.65. The SMILES string of the molecule is [CH2]CCC.[Cl][SnH]([Cl])[Cl].[MgH2]. The van der Waals surface area contributed by atoms with Crippen molar-refractivity contribution in [3.63, 3.8) is 0 Å². The van der Waals surface area contributed by atoms with Gasteiger partial charge < -0.3 is 0 Å². The average molecular weight is 310 g/mol. The van der Waals surface area contributed by atoms with Crippen LogP contribution in [0.4, 0.5) is 0 Å². The van der Waals surface area contributed by atoms with E-state index in [0.717, 1.165) is 6.42 Å². The van der Waals surface area contributed by atoms with Gasteiger partial charge in [0.2, 0.25) is 0 Å². The third-order valence-electron chi connectivity index (χ3n) is 0.354. The van der Waals surface area contributed by atoms with Crippen molar-refractivity contribution in [2.24, 2.45) is 0 Å². The van der Waals surface area contributed by atoms with Gasteiger partial charge in [0.05, 0.1) is 0 Å². The fourth-order valence-corrected chi connectivity index (χ4v) is 0. The molecule has 0 aromatic carbocycles. The Morgan fingerprint density at radius 3 is 1.44 bits per heavy atom. The molecule has 0 aliphatic rings. The molecule has 0 atom stereocenters. The molecule has 0 bridgehead atoms. The molecular formula is C4H12Cl3MgSn. The summed E-state index contributed by atoms with van der Waals surface area (Å²) in [6.07, 6.45) is 2.28. The van der Waals surface area contributed by atoms with Crippen LogP contribution in [0.5, 0.6) is 0 Å². The quantitative estimate of drug-likeness (QED) is 0.651. The van der Waals surface area contributed by atoms with E-state index in [2.05, 4.69) is 13.8 Å². The van der Waals surface area contributed by atoms with Crippen LogP contribution in [0.1, 0.15) is 19.8 Å². The summed E-state index contributed by atoms with van der Waals surface area (Å²) in [6, 6.07) is 0. The Morgan fingerprint density at radius 2 is 1.44 bits per heavy atom. The minimum absolute atomic E-state index is 0. The number of rotatable bonds is 1. The molecule has 0 fully saturated rings. The van der Waals surface area contributed by atoms with Crippen LogP contribution in [0.15, 0.2) is 0 Å². The first kappa shape index (κ1) is 17.5. The molecular weight excluding hydrogens is 297 g/mol. The maximum Gasteiger partial charge on any atom is 0.316 e. The summed E-state index contributed by atoms with van der Waals surface area (Å²) in [5.41, 5.74) is 0. The van der Waals surface area contributed by atoms with E-state index in [1.54, 1.807) is 0 Å². The van der Waals surface area contributed by atoms with E-state index in [9.17, 15) is 0 Å². The van der Waals surface area contributed by atoms with Crippen LogP contribution in [0, 0.1) is 6.92 Å². The zero-order valence-corrected chi connectivity index (χ0v) is 10.4. The van der Waals surface area contributed by atoms with Gasteiger partial charge in [-0.05, 0) is 0 Å². The summed E-state index contributed by atoms with van der Waals surface area (Å²) in [6.45, 7) is 5.72. The van der Waals surface area contributed by atoms with E-state index >= 15 is 0 Å². The van der Waals surface area contributed by atoms with Crippen LogP contribution in [0.3, 0.4) is 0 Å². The van der Waals surface area contributed by atoms with Gasteiger partial charge in [0.15, 0.2) is 0 Å². The Labute approximate surface area is 91.7 Å². The standard InChI is InChI=1S/C4H9.3ClH.Mg.Sn.3H/c1-3-4-2;;;;;;;;/h1,3-4H2,2H3;3*1H;;;;;/q;;;;;+3;;;/p-3. The molecule has 9 heavy (non-hydrogen) atoms. The molecule has 0 amide bonds. The third-order valence-corrected chi connectivity index (χ3v) is 0.354. The maximum absolute atomic E-state index is 5.02. The predicted octanol–water partition coefficient (Wildman–Crippen LogP) is 2.12. The number of unbranched alkanes of at least 4 members (excludes halogenated alkanes) is 1. The molecule has 0 N–H and O–H groups in total. The van der Waals surface area contributed by atoms with Gasteiger partial charge in [-0.25, -0.2) is 0 Å². The van der Waals surface area contributed by atoms with Crippen LogP contribution in [-0.4, -0.2) is 39.4 Å². The second kappa shape index (κ2) is 16.8. The van der Waals surface area contributed by atoms with Gasteiger partial charge in [0.1, 0.15) is 0 Å². The molecule has 0 aliphatic carbocycles. The van der Waals surface area contributed by atoms with Crippen molar-refractivity contribution in [3.05, 3.63) is 6.92 Å². The van der Waals surface area contributed by atoms with E-state index < -0.39 is 16.4 Å².